The molecule has 0 saturated carbocycles. The van der Waals surface area contributed by atoms with E-state index < -0.39 is 0 Å². The Bertz CT molecular complexity index is 1220. The molecular formula is C24H26N4O2. The summed E-state index contributed by atoms with van der Waals surface area (Å²) in [5.41, 5.74) is 1.34. The Balaban J connectivity index is 1.80. The van der Waals surface area contributed by atoms with Gasteiger partial charge in [0.2, 0.25) is 0 Å². The number of hydrogen-bond donors (Lipinski definition) is 0. The molecule has 0 aliphatic heterocycles. The lowest BCUT2D eigenvalue weighted by atomic mass is 10.2. The lowest BCUT2D eigenvalue weighted by Crippen LogP contribution is -2.32. The first-order valence-electron chi connectivity index (χ1n) is 10.6. The van der Waals surface area contributed by atoms with Gasteiger partial charge in [-0.3, -0.25) is 18.7 Å². The van der Waals surface area contributed by atoms with Crippen LogP contribution in [-0.2, 0) is 25.9 Å². The third-order valence-electron chi connectivity index (χ3n) is 5.38. The molecule has 0 atom stereocenters. The monoisotopic (exact) mass is 402 g/mol. The molecule has 2 aromatic heterocycles. The number of aromatic nitrogens is 4. The molecule has 0 bridgehead atoms. The van der Waals surface area contributed by atoms with E-state index in [0.717, 1.165) is 35.5 Å². The molecule has 2 aromatic carbocycles. The van der Waals surface area contributed by atoms with E-state index in [9.17, 15) is 9.59 Å². The minimum Gasteiger partial charge on any atom is -0.294 e. The van der Waals surface area contributed by atoms with Crippen LogP contribution in [0.4, 0.5) is 0 Å². The maximum absolute atomic E-state index is 13.2. The largest absolute Gasteiger partial charge is 0.294 e. The van der Waals surface area contributed by atoms with Gasteiger partial charge >= 0.3 is 0 Å². The SMILES string of the molecule is CCCc1nc2ccccc2c(=O)n1CCn1c(CCC)nc2ccccc2c1=O. The van der Waals surface area contributed by atoms with Gasteiger partial charge in [0.05, 0.1) is 21.8 Å². The Morgan fingerprint density at radius 1 is 0.667 bits per heavy atom. The highest BCUT2D eigenvalue weighted by atomic mass is 16.1. The maximum atomic E-state index is 13.2. The van der Waals surface area contributed by atoms with Crippen LogP contribution < -0.4 is 11.1 Å². The zero-order valence-electron chi connectivity index (χ0n) is 17.5. The molecule has 0 aliphatic rings. The van der Waals surface area contributed by atoms with Gasteiger partial charge in [-0.05, 0) is 37.1 Å². The average Bonchev–Trinajstić information content (AvgIpc) is 2.76. The smallest absolute Gasteiger partial charge is 0.261 e. The van der Waals surface area contributed by atoms with E-state index in [2.05, 4.69) is 13.8 Å². The highest BCUT2D eigenvalue weighted by molar-refractivity contribution is 5.78. The van der Waals surface area contributed by atoms with E-state index in [1.54, 1.807) is 9.13 Å². The van der Waals surface area contributed by atoms with E-state index in [-0.39, 0.29) is 11.1 Å². The molecule has 0 unspecified atom stereocenters. The van der Waals surface area contributed by atoms with Crippen LogP contribution in [0.1, 0.15) is 38.3 Å². The molecule has 0 fully saturated rings. The average molecular weight is 402 g/mol. The van der Waals surface area contributed by atoms with Gasteiger partial charge in [-0.25, -0.2) is 9.97 Å². The van der Waals surface area contributed by atoms with E-state index in [1.165, 1.54) is 0 Å². The number of nitrogens with zero attached hydrogens (tertiary/aromatic N) is 4. The van der Waals surface area contributed by atoms with Crippen molar-refractivity contribution < 1.29 is 0 Å². The summed E-state index contributed by atoms with van der Waals surface area (Å²) in [6.45, 7) is 4.93. The highest BCUT2D eigenvalue weighted by Crippen LogP contribution is 2.12. The van der Waals surface area contributed by atoms with E-state index in [1.807, 2.05) is 48.5 Å². The summed E-state index contributed by atoms with van der Waals surface area (Å²) in [6.07, 6.45) is 3.21. The normalized spacial score (nSPS) is 11.4. The van der Waals surface area contributed by atoms with Crippen LogP contribution in [0.3, 0.4) is 0 Å². The standard InChI is InChI=1S/C24H26N4O2/c1-3-9-21-25-19-13-7-5-11-17(19)23(29)27(21)15-16-28-22(10-4-2)26-20-14-8-6-12-18(20)24(28)30/h5-8,11-14H,3-4,9-10,15-16H2,1-2H3. The van der Waals surface area contributed by atoms with Gasteiger partial charge in [-0.2, -0.15) is 0 Å². The van der Waals surface area contributed by atoms with E-state index >= 15 is 0 Å². The van der Waals surface area contributed by atoms with Crippen molar-refractivity contribution >= 4 is 21.8 Å². The van der Waals surface area contributed by atoms with Crippen molar-refractivity contribution in [3.05, 3.63) is 80.9 Å². The van der Waals surface area contributed by atoms with Gasteiger partial charge in [0.1, 0.15) is 11.6 Å². The lowest BCUT2D eigenvalue weighted by Gasteiger charge is -2.16. The first kappa shape index (κ1) is 20.0. The molecule has 0 spiro atoms. The Hall–Kier alpha value is -3.28. The Morgan fingerprint density at radius 2 is 1.07 bits per heavy atom. The number of aryl methyl sites for hydroxylation is 2. The summed E-state index contributed by atoms with van der Waals surface area (Å²) in [5.74, 6) is 1.53. The third-order valence-corrected chi connectivity index (χ3v) is 5.38. The summed E-state index contributed by atoms with van der Waals surface area (Å²) in [4.78, 5) is 35.8. The van der Waals surface area contributed by atoms with Crippen molar-refractivity contribution in [2.75, 3.05) is 0 Å². The van der Waals surface area contributed by atoms with Gasteiger partial charge in [-0.1, -0.05) is 38.1 Å². The second-order valence-corrected chi connectivity index (χ2v) is 7.50. The molecule has 2 heterocycles. The summed E-state index contributed by atoms with van der Waals surface area (Å²) in [6, 6.07) is 14.9. The topological polar surface area (TPSA) is 69.8 Å². The van der Waals surface area contributed by atoms with Crippen LogP contribution in [0.15, 0.2) is 58.1 Å². The number of rotatable bonds is 7. The predicted octanol–water partition coefficient (Wildman–Crippen LogP) is 3.71. The fourth-order valence-corrected chi connectivity index (χ4v) is 3.92. The van der Waals surface area contributed by atoms with Crippen LogP contribution in [-0.4, -0.2) is 19.1 Å². The van der Waals surface area contributed by atoms with Gasteiger partial charge < -0.3 is 0 Å². The number of hydrogen-bond acceptors (Lipinski definition) is 4. The van der Waals surface area contributed by atoms with Crippen molar-refractivity contribution in [2.45, 2.75) is 52.6 Å². The molecule has 4 aromatic rings. The molecule has 4 rings (SSSR count). The van der Waals surface area contributed by atoms with Crippen LogP contribution in [0.25, 0.3) is 21.8 Å². The van der Waals surface area contributed by atoms with Crippen LogP contribution in [0.5, 0.6) is 0 Å². The lowest BCUT2D eigenvalue weighted by molar-refractivity contribution is 0.508. The molecule has 6 heteroatoms. The van der Waals surface area contributed by atoms with Crippen LogP contribution in [0.2, 0.25) is 0 Å². The molecule has 0 radical (unpaired) electrons. The molecule has 30 heavy (non-hydrogen) atoms. The first-order chi connectivity index (χ1) is 14.6. The number of para-hydroxylation sites is 2. The fraction of sp³-hybridized carbons (Fsp3) is 0.333. The van der Waals surface area contributed by atoms with E-state index in [0.29, 0.717) is 36.7 Å². The zero-order valence-corrected chi connectivity index (χ0v) is 17.5. The summed E-state index contributed by atoms with van der Waals surface area (Å²) >= 11 is 0. The second kappa shape index (κ2) is 8.61. The molecule has 0 aliphatic carbocycles. The molecule has 0 saturated heterocycles. The van der Waals surface area contributed by atoms with Crippen molar-refractivity contribution in [1.29, 1.82) is 0 Å². The summed E-state index contributed by atoms with van der Waals surface area (Å²) in [5, 5.41) is 1.21. The summed E-state index contributed by atoms with van der Waals surface area (Å²) < 4.78 is 3.45. The van der Waals surface area contributed by atoms with Crippen molar-refractivity contribution in [1.82, 2.24) is 19.1 Å². The molecule has 0 amide bonds. The Kier molecular flexibility index (Phi) is 5.74. The Labute approximate surface area is 174 Å². The van der Waals surface area contributed by atoms with Crippen LogP contribution in [0, 0.1) is 0 Å². The van der Waals surface area contributed by atoms with Crippen molar-refractivity contribution in [2.24, 2.45) is 0 Å². The van der Waals surface area contributed by atoms with Gasteiger partial charge in [0, 0.05) is 25.9 Å². The molecule has 154 valence electrons. The zero-order chi connectivity index (χ0) is 21.1. The van der Waals surface area contributed by atoms with Gasteiger partial charge in [-0.15, -0.1) is 0 Å². The second-order valence-electron chi connectivity index (χ2n) is 7.50. The van der Waals surface area contributed by atoms with E-state index in [4.69, 9.17) is 9.97 Å². The highest BCUT2D eigenvalue weighted by Gasteiger charge is 2.14. The Morgan fingerprint density at radius 3 is 1.47 bits per heavy atom. The van der Waals surface area contributed by atoms with Gasteiger partial charge in [0.25, 0.3) is 11.1 Å². The summed E-state index contributed by atoms with van der Waals surface area (Å²) in [7, 11) is 0. The quantitative estimate of drug-likeness (QED) is 0.472. The minimum absolute atomic E-state index is 0.0529. The first-order valence-corrected chi connectivity index (χ1v) is 10.6. The maximum Gasteiger partial charge on any atom is 0.261 e. The fourth-order valence-electron chi connectivity index (χ4n) is 3.92. The predicted molar refractivity (Wildman–Crippen MR) is 120 cm³/mol. The molecule has 0 N–H and O–H groups in total. The molecular weight excluding hydrogens is 376 g/mol. The number of benzene rings is 2. The van der Waals surface area contributed by atoms with Gasteiger partial charge in [0.15, 0.2) is 0 Å². The molecule has 6 nitrogen and oxygen atoms in total. The van der Waals surface area contributed by atoms with Crippen molar-refractivity contribution in [3.8, 4) is 0 Å². The third kappa shape index (κ3) is 3.65. The number of fused-ring (bicyclic) bond motifs is 2. The van der Waals surface area contributed by atoms with Crippen molar-refractivity contribution in [3.63, 3.8) is 0 Å². The minimum atomic E-state index is -0.0529. The van der Waals surface area contributed by atoms with Crippen LogP contribution >= 0.6 is 0 Å².